The predicted octanol–water partition coefficient (Wildman–Crippen LogP) is 3.67. The van der Waals surface area contributed by atoms with Crippen molar-refractivity contribution in [1.82, 2.24) is 14.5 Å². The van der Waals surface area contributed by atoms with Gasteiger partial charge in [0.05, 0.1) is 21.8 Å². The number of benzene rings is 1. The Hall–Kier alpha value is -2.23. The lowest BCUT2D eigenvalue weighted by Crippen LogP contribution is -2.44. The minimum absolute atomic E-state index is 0.0750. The van der Waals surface area contributed by atoms with Gasteiger partial charge in [0.2, 0.25) is 11.8 Å². The van der Waals surface area contributed by atoms with E-state index in [1.54, 1.807) is 16.4 Å². The Bertz CT molecular complexity index is 936. The van der Waals surface area contributed by atoms with Crippen LogP contribution in [0.4, 0.5) is 13.2 Å². The number of thioether (sulfide) groups is 1. The van der Waals surface area contributed by atoms with Gasteiger partial charge in [-0.3, -0.25) is 9.59 Å². The van der Waals surface area contributed by atoms with Crippen LogP contribution in [0.25, 0.3) is 11.0 Å². The largest absolute Gasteiger partial charge is 0.416 e. The first-order valence-electron chi connectivity index (χ1n) is 9.94. The minimum atomic E-state index is -4.43. The number of alkyl halides is 3. The molecule has 6 nitrogen and oxygen atoms in total. The number of fused-ring (bicyclic) bond motifs is 1. The quantitative estimate of drug-likeness (QED) is 0.692. The number of primary amides is 1. The van der Waals surface area contributed by atoms with E-state index < -0.39 is 17.0 Å². The summed E-state index contributed by atoms with van der Waals surface area (Å²) in [7, 11) is 0. The average Bonchev–Trinajstić information content (AvgIpc) is 3.03. The summed E-state index contributed by atoms with van der Waals surface area (Å²) in [6, 6.07) is 3.51. The van der Waals surface area contributed by atoms with Crippen molar-refractivity contribution < 1.29 is 22.8 Å². The molecule has 1 aromatic heterocycles. The first-order valence-corrected chi connectivity index (χ1v) is 10.8. The van der Waals surface area contributed by atoms with Crippen molar-refractivity contribution in [1.29, 1.82) is 0 Å². The first kappa shape index (κ1) is 22.5. The van der Waals surface area contributed by atoms with Crippen LogP contribution in [0.5, 0.6) is 0 Å². The van der Waals surface area contributed by atoms with Gasteiger partial charge in [0, 0.05) is 25.6 Å². The number of carbonyl (C=O) groups excluding carboxylic acids is 2. The van der Waals surface area contributed by atoms with Crippen LogP contribution in [0.3, 0.4) is 0 Å². The van der Waals surface area contributed by atoms with Gasteiger partial charge in [-0.2, -0.15) is 13.2 Å². The highest BCUT2D eigenvalue weighted by molar-refractivity contribution is 8.00. The maximum absolute atomic E-state index is 13.1. The topological polar surface area (TPSA) is 81.2 Å². The number of piperidine rings is 1. The SMILES string of the molecule is CCCn1c(SC(C)C(=O)N2CCC(C(N)=O)CC2)nc2ccc(C(F)(F)F)cc21. The molecule has 1 saturated heterocycles. The van der Waals surface area contributed by atoms with Crippen LogP contribution < -0.4 is 5.73 Å². The standard InChI is InChI=1S/C20H25F3N4O2S/c1-3-8-27-16-11-14(20(21,22)23)4-5-15(16)25-19(27)30-12(2)18(29)26-9-6-13(7-10-26)17(24)28/h4-5,11-13H,3,6-10H2,1-2H3,(H2,24,28). The predicted molar refractivity (Wildman–Crippen MR) is 109 cm³/mol. The number of aryl methyl sites for hydroxylation is 1. The van der Waals surface area contributed by atoms with E-state index in [9.17, 15) is 22.8 Å². The van der Waals surface area contributed by atoms with Crippen molar-refractivity contribution in [3.8, 4) is 0 Å². The third kappa shape index (κ3) is 4.74. The Labute approximate surface area is 177 Å². The maximum Gasteiger partial charge on any atom is 0.416 e. The number of likely N-dealkylation sites (tertiary alicyclic amines) is 1. The fourth-order valence-corrected chi connectivity index (χ4v) is 4.69. The number of halogens is 3. The molecule has 0 radical (unpaired) electrons. The molecule has 1 aliphatic rings. The molecule has 164 valence electrons. The average molecular weight is 443 g/mol. The molecule has 0 aliphatic carbocycles. The summed E-state index contributed by atoms with van der Waals surface area (Å²) in [6.45, 7) is 5.15. The van der Waals surface area contributed by atoms with Crippen LogP contribution in [0.2, 0.25) is 0 Å². The molecule has 2 amide bonds. The fraction of sp³-hybridized carbons (Fsp3) is 0.550. The lowest BCUT2D eigenvalue weighted by Gasteiger charge is -2.32. The van der Waals surface area contributed by atoms with Crippen LogP contribution in [0.15, 0.2) is 23.4 Å². The van der Waals surface area contributed by atoms with Crippen molar-refractivity contribution in [2.75, 3.05) is 13.1 Å². The summed E-state index contributed by atoms with van der Waals surface area (Å²) in [5.74, 6) is -0.612. The summed E-state index contributed by atoms with van der Waals surface area (Å²) in [5, 5.41) is 0.0729. The fourth-order valence-electron chi connectivity index (χ4n) is 3.66. The molecular weight excluding hydrogens is 417 g/mol. The number of hydrogen-bond acceptors (Lipinski definition) is 4. The molecular formula is C20H25F3N4O2S. The van der Waals surface area contributed by atoms with Crippen LogP contribution >= 0.6 is 11.8 Å². The smallest absolute Gasteiger partial charge is 0.369 e. The number of nitrogens with zero attached hydrogens (tertiary/aromatic N) is 3. The van der Waals surface area contributed by atoms with E-state index in [4.69, 9.17) is 5.73 Å². The number of carbonyl (C=O) groups is 2. The van der Waals surface area contributed by atoms with Gasteiger partial charge >= 0.3 is 6.18 Å². The highest BCUT2D eigenvalue weighted by Crippen LogP contribution is 2.34. The summed E-state index contributed by atoms with van der Waals surface area (Å²) >= 11 is 1.25. The molecule has 2 N–H and O–H groups in total. The molecule has 1 aliphatic heterocycles. The van der Waals surface area contributed by atoms with Crippen molar-refractivity contribution in [2.45, 2.75) is 56.2 Å². The van der Waals surface area contributed by atoms with E-state index in [2.05, 4.69) is 4.98 Å². The van der Waals surface area contributed by atoms with Crippen molar-refractivity contribution in [2.24, 2.45) is 11.7 Å². The van der Waals surface area contributed by atoms with Gasteiger partial charge < -0.3 is 15.2 Å². The second-order valence-electron chi connectivity index (χ2n) is 7.51. The number of hydrogen-bond donors (Lipinski definition) is 1. The van der Waals surface area contributed by atoms with Gasteiger partial charge in [-0.1, -0.05) is 18.7 Å². The Balaban J connectivity index is 1.79. The van der Waals surface area contributed by atoms with Crippen LogP contribution in [0, 0.1) is 5.92 Å². The lowest BCUT2D eigenvalue weighted by atomic mass is 9.96. The van der Waals surface area contributed by atoms with Gasteiger partial charge in [-0.15, -0.1) is 0 Å². The third-order valence-corrected chi connectivity index (χ3v) is 6.40. The monoisotopic (exact) mass is 442 g/mol. The van der Waals surface area contributed by atoms with E-state index in [0.29, 0.717) is 48.7 Å². The first-order chi connectivity index (χ1) is 14.1. The summed E-state index contributed by atoms with van der Waals surface area (Å²) in [5.41, 5.74) is 5.51. The number of imidazole rings is 1. The second-order valence-corrected chi connectivity index (χ2v) is 8.82. The third-order valence-electron chi connectivity index (χ3n) is 5.33. The molecule has 30 heavy (non-hydrogen) atoms. The lowest BCUT2D eigenvalue weighted by molar-refractivity contribution is -0.137. The molecule has 2 aromatic rings. The molecule has 1 aromatic carbocycles. The molecule has 0 saturated carbocycles. The van der Waals surface area contributed by atoms with Crippen molar-refractivity contribution >= 4 is 34.6 Å². The minimum Gasteiger partial charge on any atom is -0.369 e. The van der Waals surface area contributed by atoms with Gasteiger partial charge in [0.1, 0.15) is 0 Å². The summed E-state index contributed by atoms with van der Waals surface area (Å²) in [6.07, 6.45) is -2.61. The van der Waals surface area contributed by atoms with Crippen LogP contribution in [-0.4, -0.2) is 44.6 Å². The normalized spacial score (nSPS) is 16.8. The Morgan fingerprint density at radius 3 is 2.53 bits per heavy atom. The second kappa shape index (κ2) is 8.87. The zero-order chi connectivity index (χ0) is 22.1. The Morgan fingerprint density at radius 1 is 1.30 bits per heavy atom. The molecule has 1 unspecified atom stereocenters. The number of aromatic nitrogens is 2. The van der Waals surface area contributed by atoms with E-state index in [-0.39, 0.29) is 17.7 Å². The van der Waals surface area contributed by atoms with Crippen LogP contribution in [0.1, 0.15) is 38.7 Å². The molecule has 3 rings (SSSR count). The Morgan fingerprint density at radius 2 is 1.97 bits per heavy atom. The molecule has 1 atom stereocenters. The molecule has 1 fully saturated rings. The van der Waals surface area contributed by atoms with E-state index in [1.165, 1.54) is 17.8 Å². The van der Waals surface area contributed by atoms with E-state index in [1.807, 2.05) is 6.92 Å². The maximum atomic E-state index is 13.1. The van der Waals surface area contributed by atoms with Gasteiger partial charge in [0.15, 0.2) is 5.16 Å². The Kier molecular flexibility index (Phi) is 6.64. The zero-order valence-electron chi connectivity index (χ0n) is 16.9. The zero-order valence-corrected chi connectivity index (χ0v) is 17.7. The van der Waals surface area contributed by atoms with Crippen molar-refractivity contribution in [3.63, 3.8) is 0 Å². The summed E-state index contributed by atoms with van der Waals surface area (Å²) < 4.78 is 41.1. The number of rotatable bonds is 6. The molecule has 2 heterocycles. The van der Waals surface area contributed by atoms with Gasteiger partial charge in [-0.25, -0.2) is 4.98 Å². The van der Waals surface area contributed by atoms with Crippen LogP contribution in [-0.2, 0) is 22.3 Å². The highest BCUT2D eigenvalue weighted by atomic mass is 32.2. The number of nitrogens with two attached hydrogens (primary N) is 1. The van der Waals surface area contributed by atoms with Gasteiger partial charge in [0.25, 0.3) is 0 Å². The number of amides is 2. The summed E-state index contributed by atoms with van der Waals surface area (Å²) in [4.78, 5) is 30.4. The molecule has 0 bridgehead atoms. The highest BCUT2D eigenvalue weighted by Gasteiger charge is 2.32. The van der Waals surface area contributed by atoms with Gasteiger partial charge in [-0.05, 0) is 44.4 Å². The van der Waals surface area contributed by atoms with E-state index in [0.717, 1.165) is 18.6 Å². The van der Waals surface area contributed by atoms with E-state index >= 15 is 0 Å². The molecule has 0 spiro atoms. The van der Waals surface area contributed by atoms with Crippen molar-refractivity contribution in [3.05, 3.63) is 23.8 Å². The molecule has 10 heteroatoms.